The number of thioether (sulfide) groups is 1. The Kier molecular flexibility index (Phi) is 7.42. The molecule has 11 nitrogen and oxygen atoms in total. The number of carbonyl (C=O) groups excluding carboxylic acids is 1. The second-order valence-corrected chi connectivity index (χ2v) is 9.56. The van der Waals surface area contributed by atoms with E-state index < -0.39 is 0 Å². The van der Waals surface area contributed by atoms with Crippen LogP contribution in [-0.4, -0.2) is 73.8 Å². The van der Waals surface area contributed by atoms with Crippen molar-refractivity contribution in [1.82, 2.24) is 34.6 Å². The first kappa shape index (κ1) is 24.2. The van der Waals surface area contributed by atoms with Crippen LogP contribution in [0.15, 0.2) is 46.7 Å². The van der Waals surface area contributed by atoms with E-state index in [9.17, 15) is 9.59 Å². The van der Waals surface area contributed by atoms with E-state index >= 15 is 0 Å². The molecule has 1 aliphatic rings. The summed E-state index contributed by atoms with van der Waals surface area (Å²) < 4.78 is 8.77. The highest BCUT2D eigenvalue weighted by atomic mass is 32.2. The minimum atomic E-state index is -0.145. The van der Waals surface area contributed by atoms with Crippen molar-refractivity contribution in [3.8, 4) is 0 Å². The van der Waals surface area contributed by atoms with Crippen LogP contribution in [0.3, 0.4) is 0 Å². The number of aromatic nitrogens is 6. The molecule has 1 N–H and O–H groups in total. The largest absolute Gasteiger partial charge is 0.378 e. The molecule has 4 heterocycles. The number of nitrogens with zero attached hydrogens (tertiary/aromatic N) is 7. The monoisotopic (exact) mass is 508 g/mol. The highest BCUT2D eigenvalue weighted by molar-refractivity contribution is 7.99. The smallest absolute Gasteiger partial charge is 0.261 e. The van der Waals surface area contributed by atoms with Crippen molar-refractivity contribution in [3.05, 3.63) is 47.1 Å². The number of rotatable bonds is 9. The number of fused-ring (bicyclic) bond motifs is 2. The summed E-state index contributed by atoms with van der Waals surface area (Å²) in [4.78, 5) is 41.1. The summed E-state index contributed by atoms with van der Waals surface area (Å²) in [6.07, 6.45) is 3.47. The Balaban J connectivity index is 1.23. The van der Waals surface area contributed by atoms with Crippen molar-refractivity contribution in [2.75, 3.05) is 43.5 Å². The average Bonchev–Trinajstić information content (AvgIpc) is 3.31. The molecule has 1 aliphatic heterocycles. The number of benzene rings is 1. The molecular formula is C24H28N8O3S. The van der Waals surface area contributed by atoms with Crippen LogP contribution in [-0.2, 0) is 22.6 Å². The Hall–Kier alpha value is -3.51. The number of amides is 1. The SMILES string of the molecule is CCSc1nc(N2CCOCC2)c2cnn(CCNC(=O)CCn3cnc4ccccc4c3=O)c2n1. The van der Waals surface area contributed by atoms with Crippen LogP contribution >= 0.6 is 11.8 Å². The molecule has 1 amide bonds. The van der Waals surface area contributed by atoms with Gasteiger partial charge in [-0.2, -0.15) is 5.10 Å². The second kappa shape index (κ2) is 11.0. The summed E-state index contributed by atoms with van der Waals surface area (Å²) in [6, 6.07) is 7.19. The molecule has 1 aromatic carbocycles. The first-order valence-electron chi connectivity index (χ1n) is 12.0. The average molecular weight is 509 g/mol. The lowest BCUT2D eigenvalue weighted by Crippen LogP contribution is -2.37. The zero-order valence-corrected chi connectivity index (χ0v) is 20.9. The van der Waals surface area contributed by atoms with Gasteiger partial charge in [-0.15, -0.1) is 0 Å². The fourth-order valence-corrected chi connectivity index (χ4v) is 4.73. The van der Waals surface area contributed by atoms with Crippen LogP contribution in [0.5, 0.6) is 0 Å². The lowest BCUT2D eigenvalue weighted by molar-refractivity contribution is -0.121. The van der Waals surface area contributed by atoms with Gasteiger partial charge in [0.1, 0.15) is 5.82 Å². The van der Waals surface area contributed by atoms with Crippen molar-refractivity contribution in [2.24, 2.45) is 0 Å². The molecule has 0 aliphatic carbocycles. The van der Waals surface area contributed by atoms with Crippen LogP contribution < -0.4 is 15.8 Å². The van der Waals surface area contributed by atoms with Gasteiger partial charge in [-0.05, 0) is 17.9 Å². The van der Waals surface area contributed by atoms with Crippen molar-refractivity contribution in [3.63, 3.8) is 0 Å². The first-order valence-corrected chi connectivity index (χ1v) is 13.0. The molecule has 1 saturated heterocycles. The summed E-state index contributed by atoms with van der Waals surface area (Å²) in [5.41, 5.74) is 1.26. The van der Waals surface area contributed by atoms with Crippen LogP contribution in [0.4, 0.5) is 5.82 Å². The molecule has 3 aromatic heterocycles. The number of hydrogen-bond acceptors (Lipinski definition) is 9. The van der Waals surface area contributed by atoms with E-state index in [1.165, 1.54) is 10.9 Å². The van der Waals surface area contributed by atoms with E-state index in [1.807, 2.05) is 6.07 Å². The summed E-state index contributed by atoms with van der Waals surface area (Å²) >= 11 is 1.59. The Morgan fingerprint density at radius 3 is 2.81 bits per heavy atom. The van der Waals surface area contributed by atoms with E-state index in [4.69, 9.17) is 14.7 Å². The van der Waals surface area contributed by atoms with E-state index in [0.29, 0.717) is 42.4 Å². The summed E-state index contributed by atoms with van der Waals surface area (Å²) in [7, 11) is 0. The maximum Gasteiger partial charge on any atom is 0.261 e. The number of para-hydroxylation sites is 1. The van der Waals surface area contributed by atoms with E-state index in [2.05, 4.69) is 27.2 Å². The summed E-state index contributed by atoms with van der Waals surface area (Å²) in [6.45, 7) is 6.10. The molecule has 0 spiro atoms. The molecule has 0 bridgehead atoms. The number of hydrogen-bond donors (Lipinski definition) is 1. The Bertz CT molecular complexity index is 1430. The van der Waals surface area contributed by atoms with Crippen molar-refractivity contribution < 1.29 is 9.53 Å². The van der Waals surface area contributed by atoms with Gasteiger partial charge in [0.05, 0.1) is 48.6 Å². The van der Waals surface area contributed by atoms with Gasteiger partial charge in [0.25, 0.3) is 5.56 Å². The Morgan fingerprint density at radius 2 is 1.97 bits per heavy atom. The number of nitrogens with one attached hydrogen (secondary N) is 1. The molecule has 1 fully saturated rings. The first-order chi connectivity index (χ1) is 17.6. The highest BCUT2D eigenvalue weighted by Gasteiger charge is 2.20. The molecule has 4 aromatic rings. The molecule has 0 unspecified atom stereocenters. The van der Waals surface area contributed by atoms with Crippen LogP contribution in [0.25, 0.3) is 21.9 Å². The zero-order valence-electron chi connectivity index (χ0n) is 20.1. The van der Waals surface area contributed by atoms with Gasteiger partial charge in [-0.1, -0.05) is 30.8 Å². The maximum absolute atomic E-state index is 12.6. The van der Waals surface area contributed by atoms with Gasteiger partial charge in [-0.3, -0.25) is 14.2 Å². The number of carbonyl (C=O) groups is 1. The molecule has 0 radical (unpaired) electrons. The van der Waals surface area contributed by atoms with Crippen molar-refractivity contribution in [1.29, 1.82) is 0 Å². The quantitative estimate of drug-likeness (QED) is 0.266. The number of morpholine rings is 1. The topological polar surface area (TPSA) is 120 Å². The minimum absolute atomic E-state index is 0.141. The Labute approximate surface area is 211 Å². The molecule has 188 valence electrons. The third-order valence-electron chi connectivity index (χ3n) is 6.00. The molecule has 5 rings (SSSR count). The van der Waals surface area contributed by atoms with Crippen molar-refractivity contribution >= 4 is 45.4 Å². The van der Waals surface area contributed by atoms with E-state index in [-0.39, 0.29) is 24.4 Å². The standard InChI is InChI=1S/C24H28N8O3S/c1-2-36-24-28-21(30-11-13-35-14-12-30)18-15-27-32(22(18)29-24)10-8-25-20(33)7-9-31-16-26-19-6-4-3-5-17(19)23(31)34/h3-6,15-16H,2,7-14H2,1H3,(H,25,33). The van der Waals surface area contributed by atoms with Crippen LogP contribution in [0.1, 0.15) is 13.3 Å². The lowest BCUT2D eigenvalue weighted by Gasteiger charge is -2.28. The fraction of sp³-hybridized carbons (Fsp3) is 0.417. The fourth-order valence-electron chi connectivity index (χ4n) is 4.17. The summed E-state index contributed by atoms with van der Waals surface area (Å²) in [5.74, 6) is 1.61. The van der Waals surface area contributed by atoms with Crippen molar-refractivity contribution in [2.45, 2.75) is 31.6 Å². The van der Waals surface area contributed by atoms with E-state index in [0.717, 1.165) is 35.7 Å². The minimum Gasteiger partial charge on any atom is -0.378 e. The van der Waals surface area contributed by atoms with E-state index in [1.54, 1.807) is 40.8 Å². The molecule has 12 heteroatoms. The van der Waals surface area contributed by atoms with Gasteiger partial charge < -0.3 is 15.0 Å². The maximum atomic E-state index is 12.6. The Morgan fingerprint density at radius 1 is 1.14 bits per heavy atom. The predicted octanol–water partition coefficient (Wildman–Crippen LogP) is 1.69. The summed E-state index contributed by atoms with van der Waals surface area (Å²) in [5, 5.41) is 9.60. The number of aryl methyl sites for hydroxylation is 1. The van der Waals surface area contributed by atoms with Crippen LogP contribution in [0.2, 0.25) is 0 Å². The highest BCUT2D eigenvalue weighted by Crippen LogP contribution is 2.27. The number of anilines is 1. The third kappa shape index (κ3) is 5.19. The van der Waals surface area contributed by atoms with Gasteiger partial charge in [0.15, 0.2) is 10.8 Å². The lowest BCUT2D eigenvalue weighted by atomic mass is 10.2. The third-order valence-corrected chi connectivity index (χ3v) is 6.73. The molecular weight excluding hydrogens is 480 g/mol. The van der Waals surface area contributed by atoms with Gasteiger partial charge in [0, 0.05) is 32.6 Å². The normalized spacial score (nSPS) is 14.0. The van der Waals surface area contributed by atoms with Crippen LogP contribution in [0, 0.1) is 0 Å². The molecule has 0 atom stereocenters. The molecule has 0 saturated carbocycles. The predicted molar refractivity (Wildman–Crippen MR) is 138 cm³/mol. The molecule has 36 heavy (non-hydrogen) atoms. The number of ether oxygens (including phenoxy) is 1. The zero-order chi connectivity index (χ0) is 24.9. The van der Waals surface area contributed by atoms with Gasteiger partial charge in [-0.25, -0.2) is 19.6 Å². The second-order valence-electron chi connectivity index (χ2n) is 8.33. The van der Waals surface area contributed by atoms with Gasteiger partial charge >= 0.3 is 0 Å². The van der Waals surface area contributed by atoms with Gasteiger partial charge in [0.2, 0.25) is 5.91 Å².